The molecule has 4 nitrogen and oxygen atoms in total. The molecule has 1 unspecified atom stereocenters. The van der Waals surface area contributed by atoms with E-state index in [2.05, 4.69) is 0 Å². The van der Waals surface area contributed by atoms with Gasteiger partial charge in [-0.25, -0.2) is 0 Å². The van der Waals surface area contributed by atoms with Gasteiger partial charge in [0.15, 0.2) is 5.72 Å². The number of nitrogens with two attached hydrogens (primary N) is 1. The average molecular weight is 236 g/mol. The predicted octanol–water partition coefficient (Wildman–Crippen LogP) is 1.59. The highest BCUT2D eigenvalue weighted by Crippen LogP contribution is 2.13. The van der Waals surface area contributed by atoms with Crippen LogP contribution in [0.3, 0.4) is 0 Å². The standard InChI is InChI=1S/C10H18ClNO3/c1-3-8(13)5-4-6-10(2,12)15-9(14)7-11/h3-7,12H2,1-2H3. The highest BCUT2D eigenvalue weighted by Gasteiger charge is 2.22. The summed E-state index contributed by atoms with van der Waals surface area (Å²) in [5.74, 6) is -0.557. The van der Waals surface area contributed by atoms with E-state index in [9.17, 15) is 9.59 Å². The lowest BCUT2D eigenvalue weighted by atomic mass is 10.1. The number of hydrogen-bond donors (Lipinski definition) is 1. The zero-order valence-electron chi connectivity index (χ0n) is 9.22. The van der Waals surface area contributed by atoms with Gasteiger partial charge in [-0.1, -0.05) is 6.92 Å². The SMILES string of the molecule is CCC(=O)CCCC(C)(N)OC(=O)CCl. The van der Waals surface area contributed by atoms with Crippen molar-refractivity contribution in [3.63, 3.8) is 0 Å². The van der Waals surface area contributed by atoms with E-state index in [1.54, 1.807) is 6.92 Å². The van der Waals surface area contributed by atoms with E-state index in [4.69, 9.17) is 22.1 Å². The van der Waals surface area contributed by atoms with Gasteiger partial charge in [-0.3, -0.25) is 15.3 Å². The number of alkyl halides is 1. The molecule has 2 N–H and O–H groups in total. The molecule has 0 aliphatic heterocycles. The second kappa shape index (κ2) is 6.80. The molecule has 88 valence electrons. The average Bonchev–Trinajstić information content (AvgIpc) is 2.16. The van der Waals surface area contributed by atoms with Crippen LogP contribution in [0.2, 0.25) is 0 Å². The molecule has 0 aliphatic carbocycles. The molecule has 0 spiro atoms. The van der Waals surface area contributed by atoms with Crippen LogP contribution in [0.4, 0.5) is 0 Å². The third-order valence-corrected chi connectivity index (χ3v) is 2.20. The molecule has 0 rings (SSSR count). The smallest absolute Gasteiger partial charge is 0.322 e. The van der Waals surface area contributed by atoms with Crippen LogP contribution in [0.5, 0.6) is 0 Å². The van der Waals surface area contributed by atoms with Crippen molar-refractivity contribution in [2.45, 2.75) is 45.3 Å². The molecule has 0 radical (unpaired) electrons. The largest absolute Gasteiger partial charge is 0.444 e. The second-order valence-corrected chi connectivity index (χ2v) is 3.93. The Kier molecular flexibility index (Phi) is 6.52. The van der Waals surface area contributed by atoms with Crippen molar-refractivity contribution in [3.8, 4) is 0 Å². The summed E-state index contributed by atoms with van der Waals surface area (Å²) >= 11 is 5.28. The lowest BCUT2D eigenvalue weighted by Crippen LogP contribution is -2.41. The van der Waals surface area contributed by atoms with Gasteiger partial charge >= 0.3 is 5.97 Å². The van der Waals surface area contributed by atoms with Gasteiger partial charge in [0.25, 0.3) is 0 Å². The lowest BCUT2D eigenvalue weighted by molar-refractivity contribution is -0.155. The van der Waals surface area contributed by atoms with Crippen molar-refractivity contribution in [2.75, 3.05) is 5.88 Å². The first-order chi connectivity index (χ1) is 6.91. The summed E-state index contributed by atoms with van der Waals surface area (Å²) in [7, 11) is 0. The number of hydrogen-bond acceptors (Lipinski definition) is 4. The highest BCUT2D eigenvalue weighted by molar-refractivity contribution is 6.26. The monoisotopic (exact) mass is 235 g/mol. The van der Waals surface area contributed by atoms with Crippen LogP contribution < -0.4 is 5.73 Å². The molecule has 0 aromatic rings. The molecule has 5 heteroatoms. The zero-order valence-corrected chi connectivity index (χ0v) is 9.97. The maximum Gasteiger partial charge on any atom is 0.322 e. The summed E-state index contributed by atoms with van der Waals surface area (Å²) in [6, 6.07) is 0. The predicted molar refractivity (Wildman–Crippen MR) is 58.6 cm³/mol. The highest BCUT2D eigenvalue weighted by atomic mass is 35.5. The molecule has 0 saturated heterocycles. The number of esters is 1. The fraction of sp³-hybridized carbons (Fsp3) is 0.800. The lowest BCUT2D eigenvalue weighted by Gasteiger charge is -2.24. The van der Waals surface area contributed by atoms with Gasteiger partial charge in [0, 0.05) is 19.3 Å². The van der Waals surface area contributed by atoms with Crippen molar-refractivity contribution in [3.05, 3.63) is 0 Å². The van der Waals surface area contributed by atoms with Crippen LogP contribution in [-0.4, -0.2) is 23.4 Å². The van der Waals surface area contributed by atoms with Gasteiger partial charge < -0.3 is 4.74 Å². The summed E-state index contributed by atoms with van der Waals surface area (Å²) in [5.41, 5.74) is 4.68. The third kappa shape index (κ3) is 7.33. The quantitative estimate of drug-likeness (QED) is 0.413. The molecule has 0 aromatic carbocycles. The number of Topliss-reactive ketones (excluding diaryl/α,β-unsaturated/α-hetero) is 1. The van der Waals surface area contributed by atoms with E-state index in [0.717, 1.165) is 0 Å². The van der Waals surface area contributed by atoms with Crippen molar-refractivity contribution >= 4 is 23.4 Å². The topological polar surface area (TPSA) is 69.4 Å². The van der Waals surface area contributed by atoms with Crippen LogP contribution in [0.25, 0.3) is 0 Å². The van der Waals surface area contributed by atoms with Crippen molar-refractivity contribution in [1.82, 2.24) is 0 Å². The molecule has 1 atom stereocenters. The Morgan fingerprint density at radius 2 is 2.07 bits per heavy atom. The Bertz CT molecular complexity index is 229. The van der Waals surface area contributed by atoms with Crippen molar-refractivity contribution < 1.29 is 14.3 Å². The Labute approximate surface area is 95.1 Å². The van der Waals surface area contributed by atoms with Crippen molar-refractivity contribution in [2.24, 2.45) is 5.73 Å². The summed E-state index contributed by atoms with van der Waals surface area (Å²) in [4.78, 5) is 21.9. The first-order valence-corrected chi connectivity index (χ1v) is 5.53. The molecular formula is C10H18ClNO3. The second-order valence-electron chi connectivity index (χ2n) is 3.67. The number of ether oxygens (including phenoxy) is 1. The summed E-state index contributed by atoms with van der Waals surface area (Å²) in [6.07, 6.45) is 2.08. The van der Waals surface area contributed by atoms with E-state index in [1.807, 2.05) is 6.92 Å². The fourth-order valence-corrected chi connectivity index (χ4v) is 1.21. The maximum atomic E-state index is 11.0. The third-order valence-electron chi connectivity index (χ3n) is 1.98. The molecule has 0 aromatic heterocycles. The molecular weight excluding hydrogens is 218 g/mol. The van der Waals surface area contributed by atoms with Crippen LogP contribution >= 0.6 is 11.6 Å². The van der Waals surface area contributed by atoms with Gasteiger partial charge in [-0.2, -0.15) is 0 Å². The summed E-state index contributed by atoms with van der Waals surface area (Å²) in [6.45, 7) is 3.42. The molecule has 0 aliphatic rings. The number of carbonyl (C=O) groups excluding carboxylic acids is 2. The Morgan fingerprint density at radius 1 is 1.47 bits per heavy atom. The zero-order chi connectivity index (χ0) is 11.9. The number of carbonyl (C=O) groups is 2. The minimum atomic E-state index is -1.03. The first-order valence-electron chi connectivity index (χ1n) is 4.99. The number of rotatable bonds is 7. The van der Waals surface area contributed by atoms with Crippen LogP contribution in [0.1, 0.15) is 39.5 Å². The Hall–Kier alpha value is -0.610. The minimum absolute atomic E-state index is 0.189. The molecule has 0 saturated carbocycles. The first kappa shape index (κ1) is 14.4. The molecule has 0 bridgehead atoms. The van der Waals surface area contributed by atoms with Crippen LogP contribution in [-0.2, 0) is 14.3 Å². The Balaban J connectivity index is 3.83. The molecule has 0 amide bonds. The van der Waals surface area contributed by atoms with E-state index >= 15 is 0 Å². The fourth-order valence-electron chi connectivity index (χ4n) is 1.15. The van der Waals surface area contributed by atoms with Gasteiger partial charge in [0.05, 0.1) is 0 Å². The summed E-state index contributed by atoms with van der Waals surface area (Å²) in [5, 5.41) is 0. The molecule has 0 fully saturated rings. The number of halogens is 1. The van der Waals surface area contributed by atoms with Crippen LogP contribution in [0, 0.1) is 0 Å². The van der Waals surface area contributed by atoms with Crippen molar-refractivity contribution in [1.29, 1.82) is 0 Å². The Morgan fingerprint density at radius 3 is 2.53 bits per heavy atom. The summed E-state index contributed by atoms with van der Waals surface area (Å²) < 4.78 is 4.90. The normalized spacial score (nSPS) is 14.4. The van der Waals surface area contributed by atoms with E-state index < -0.39 is 11.7 Å². The van der Waals surface area contributed by atoms with E-state index in [0.29, 0.717) is 25.7 Å². The van der Waals surface area contributed by atoms with Gasteiger partial charge in [0.1, 0.15) is 11.7 Å². The maximum absolute atomic E-state index is 11.0. The minimum Gasteiger partial charge on any atom is -0.444 e. The van der Waals surface area contributed by atoms with Crippen LogP contribution in [0.15, 0.2) is 0 Å². The van der Waals surface area contributed by atoms with E-state index in [-0.39, 0.29) is 11.7 Å². The van der Waals surface area contributed by atoms with Gasteiger partial charge in [-0.15, -0.1) is 11.6 Å². The molecule has 0 heterocycles. The van der Waals surface area contributed by atoms with Gasteiger partial charge in [0.2, 0.25) is 0 Å². The molecule has 15 heavy (non-hydrogen) atoms. The van der Waals surface area contributed by atoms with Gasteiger partial charge in [-0.05, 0) is 13.3 Å². The number of ketones is 1. The van der Waals surface area contributed by atoms with E-state index in [1.165, 1.54) is 0 Å².